The van der Waals surface area contributed by atoms with Crippen molar-refractivity contribution in [2.24, 2.45) is 0 Å². The first-order valence-electron chi connectivity index (χ1n) is 9.73. The Kier molecular flexibility index (Phi) is 5.88. The Morgan fingerprint density at radius 1 is 1.25 bits per heavy atom. The van der Waals surface area contributed by atoms with Gasteiger partial charge in [-0.15, -0.1) is 11.3 Å². The summed E-state index contributed by atoms with van der Waals surface area (Å²) in [5, 5.41) is 5.83. The van der Waals surface area contributed by atoms with Gasteiger partial charge in [0.1, 0.15) is 17.9 Å². The Morgan fingerprint density at radius 2 is 2.07 bits per heavy atom. The Bertz CT molecular complexity index is 960. The molecule has 1 saturated heterocycles. The molecule has 4 rings (SSSR count). The van der Waals surface area contributed by atoms with Crippen molar-refractivity contribution >= 4 is 33.4 Å². The van der Waals surface area contributed by atoms with Gasteiger partial charge in [-0.2, -0.15) is 0 Å². The van der Waals surface area contributed by atoms with E-state index in [0.29, 0.717) is 6.04 Å². The van der Waals surface area contributed by atoms with Gasteiger partial charge < -0.3 is 15.0 Å². The number of anilines is 1. The number of hydrogen-bond acceptors (Lipinski definition) is 6. The van der Waals surface area contributed by atoms with Crippen molar-refractivity contribution in [1.82, 2.24) is 15.3 Å². The summed E-state index contributed by atoms with van der Waals surface area (Å²) in [7, 11) is 1.71. The van der Waals surface area contributed by atoms with Crippen LogP contribution in [-0.4, -0.2) is 42.8 Å². The van der Waals surface area contributed by atoms with Crippen molar-refractivity contribution in [1.29, 1.82) is 0 Å². The first kappa shape index (κ1) is 18.9. The van der Waals surface area contributed by atoms with Crippen LogP contribution in [0, 0.1) is 6.92 Å². The molecule has 0 amide bonds. The molecule has 5 nitrogen and oxygen atoms in total. The third kappa shape index (κ3) is 4.03. The van der Waals surface area contributed by atoms with E-state index in [1.165, 1.54) is 10.3 Å². The van der Waals surface area contributed by atoms with Crippen molar-refractivity contribution in [2.75, 3.05) is 31.6 Å². The zero-order chi connectivity index (χ0) is 19.3. The topological polar surface area (TPSA) is 50.3 Å². The maximum Gasteiger partial charge on any atom is 0.150 e. The predicted molar refractivity (Wildman–Crippen MR) is 117 cm³/mol. The van der Waals surface area contributed by atoms with Crippen molar-refractivity contribution in [3.63, 3.8) is 0 Å². The normalized spacial score (nSPS) is 15.6. The Hall–Kier alpha value is -2.44. The van der Waals surface area contributed by atoms with E-state index in [0.717, 1.165) is 55.1 Å². The summed E-state index contributed by atoms with van der Waals surface area (Å²) in [5.41, 5.74) is 3.44. The van der Waals surface area contributed by atoms with Crippen LogP contribution in [0.5, 0.6) is 5.75 Å². The second-order valence-corrected chi connectivity index (χ2v) is 7.99. The van der Waals surface area contributed by atoms with E-state index in [9.17, 15) is 0 Å². The quantitative estimate of drug-likeness (QED) is 0.676. The second-order valence-electron chi connectivity index (χ2n) is 7.11. The van der Waals surface area contributed by atoms with Gasteiger partial charge >= 0.3 is 0 Å². The Labute approximate surface area is 170 Å². The highest BCUT2D eigenvalue weighted by Gasteiger charge is 2.22. The molecule has 1 N–H and O–H groups in total. The fourth-order valence-corrected chi connectivity index (χ4v) is 4.72. The number of thiophene rings is 1. The smallest absolute Gasteiger partial charge is 0.150 e. The highest BCUT2D eigenvalue weighted by Crippen LogP contribution is 2.32. The SMILES string of the molecule is COc1ccccc1/C=C/CNC1CCN(c2ncnc3c(C)csc23)CC1. The molecule has 1 aromatic carbocycles. The molecule has 28 heavy (non-hydrogen) atoms. The van der Waals surface area contributed by atoms with Crippen molar-refractivity contribution in [3.05, 3.63) is 53.2 Å². The molecule has 0 radical (unpaired) electrons. The summed E-state index contributed by atoms with van der Waals surface area (Å²) in [6.07, 6.45) is 8.24. The molecule has 0 spiro atoms. The number of aryl methyl sites for hydroxylation is 1. The number of fused-ring (bicyclic) bond motifs is 1. The Balaban J connectivity index is 1.30. The molecule has 0 saturated carbocycles. The lowest BCUT2D eigenvalue weighted by molar-refractivity contribution is 0.414. The largest absolute Gasteiger partial charge is 0.496 e. The average molecular weight is 395 g/mol. The van der Waals surface area contributed by atoms with Gasteiger partial charge in [0.25, 0.3) is 0 Å². The first-order chi connectivity index (χ1) is 13.8. The van der Waals surface area contributed by atoms with E-state index in [2.05, 4.69) is 50.7 Å². The van der Waals surface area contributed by atoms with E-state index in [4.69, 9.17) is 4.74 Å². The fraction of sp³-hybridized carbons (Fsp3) is 0.364. The molecule has 146 valence electrons. The minimum absolute atomic E-state index is 0.543. The zero-order valence-electron chi connectivity index (χ0n) is 16.4. The molecule has 0 aliphatic carbocycles. The highest BCUT2D eigenvalue weighted by atomic mass is 32.1. The lowest BCUT2D eigenvalue weighted by Crippen LogP contribution is -2.42. The van der Waals surface area contributed by atoms with E-state index >= 15 is 0 Å². The van der Waals surface area contributed by atoms with Crippen LogP contribution < -0.4 is 15.0 Å². The van der Waals surface area contributed by atoms with Crippen LogP contribution >= 0.6 is 11.3 Å². The van der Waals surface area contributed by atoms with Crippen molar-refractivity contribution in [3.8, 4) is 5.75 Å². The van der Waals surface area contributed by atoms with Crippen LogP contribution in [0.3, 0.4) is 0 Å². The molecule has 0 bridgehead atoms. The third-order valence-electron chi connectivity index (χ3n) is 5.27. The number of piperidine rings is 1. The summed E-state index contributed by atoms with van der Waals surface area (Å²) < 4.78 is 6.61. The number of ether oxygens (including phenoxy) is 1. The Morgan fingerprint density at radius 3 is 2.89 bits per heavy atom. The lowest BCUT2D eigenvalue weighted by Gasteiger charge is -2.33. The number of hydrogen-bond donors (Lipinski definition) is 1. The standard InChI is InChI=1S/C22H26N4OS/c1-16-14-28-21-20(16)24-15-25-22(21)26-12-9-18(10-13-26)23-11-5-7-17-6-3-4-8-19(17)27-2/h3-8,14-15,18,23H,9-13H2,1-2H3/b7-5+. The molecule has 1 fully saturated rings. The fourth-order valence-electron chi connectivity index (χ4n) is 3.70. The summed E-state index contributed by atoms with van der Waals surface area (Å²) in [6.45, 7) is 5.03. The van der Waals surface area contributed by atoms with Gasteiger partial charge in [-0.1, -0.05) is 30.4 Å². The lowest BCUT2D eigenvalue weighted by atomic mass is 10.0. The van der Waals surface area contributed by atoms with Crippen LogP contribution in [0.4, 0.5) is 5.82 Å². The number of nitrogens with one attached hydrogen (secondary N) is 1. The molecular formula is C22H26N4OS. The van der Waals surface area contributed by atoms with Gasteiger partial charge in [0, 0.05) is 31.2 Å². The van der Waals surface area contributed by atoms with Crippen molar-refractivity contribution < 1.29 is 4.74 Å². The number of para-hydroxylation sites is 1. The highest BCUT2D eigenvalue weighted by molar-refractivity contribution is 7.18. The van der Waals surface area contributed by atoms with Gasteiger partial charge in [0.2, 0.25) is 0 Å². The summed E-state index contributed by atoms with van der Waals surface area (Å²) >= 11 is 1.75. The molecule has 0 unspecified atom stereocenters. The summed E-state index contributed by atoms with van der Waals surface area (Å²) in [6, 6.07) is 8.63. The summed E-state index contributed by atoms with van der Waals surface area (Å²) in [4.78, 5) is 11.4. The van der Waals surface area contributed by atoms with Crippen molar-refractivity contribution in [2.45, 2.75) is 25.8 Å². The first-order valence-corrected chi connectivity index (χ1v) is 10.6. The molecular weight excluding hydrogens is 368 g/mol. The maximum absolute atomic E-state index is 5.39. The number of nitrogens with zero attached hydrogens (tertiary/aromatic N) is 3. The number of methoxy groups -OCH3 is 1. The van der Waals surface area contributed by atoms with Crippen LogP contribution in [0.25, 0.3) is 16.3 Å². The van der Waals surface area contributed by atoms with Crippen LogP contribution in [0.1, 0.15) is 24.0 Å². The molecule has 0 atom stereocenters. The predicted octanol–water partition coefficient (Wildman–Crippen LogP) is 4.28. The number of benzene rings is 1. The second kappa shape index (κ2) is 8.71. The summed E-state index contributed by atoms with van der Waals surface area (Å²) in [5.74, 6) is 2.00. The number of aromatic nitrogens is 2. The van der Waals surface area contributed by atoms with E-state index in [1.807, 2.05) is 18.2 Å². The van der Waals surface area contributed by atoms with E-state index < -0.39 is 0 Å². The van der Waals surface area contributed by atoms with Gasteiger partial charge in [0.15, 0.2) is 0 Å². The van der Waals surface area contributed by atoms with E-state index in [1.54, 1.807) is 24.8 Å². The number of rotatable bonds is 6. The van der Waals surface area contributed by atoms with Gasteiger partial charge in [0.05, 0.1) is 17.3 Å². The van der Waals surface area contributed by atoms with Gasteiger partial charge in [-0.3, -0.25) is 0 Å². The third-order valence-corrected chi connectivity index (χ3v) is 6.35. The molecule has 3 heterocycles. The minimum Gasteiger partial charge on any atom is -0.496 e. The van der Waals surface area contributed by atoms with Gasteiger partial charge in [-0.05, 0) is 36.8 Å². The van der Waals surface area contributed by atoms with Crippen LogP contribution in [-0.2, 0) is 0 Å². The molecule has 3 aromatic rings. The molecule has 2 aromatic heterocycles. The average Bonchev–Trinajstić information content (AvgIpc) is 3.13. The zero-order valence-corrected chi connectivity index (χ0v) is 17.2. The minimum atomic E-state index is 0.543. The molecule has 1 aliphatic rings. The monoisotopic (exact) mass is 394 g/mol. The maximum atomic E-state index is 5.39. The van der Waals surface area contributed by atoms with Gasteiger partial charge in [-0.25, -0.2) is 9.97 Å². The van der Waals surface area contributed by atoms with E-state index in [-0.39, 0.29) is 0 Å². The van der Waals surface area contributed by atoms with Crippen LogP contribution in [0.2, 0.25) is 0 Å². The molecule has 1 aliphatic heterocycles. The van der Waals surface area contributed by atoms with Crippen LogP contribution in [0.15, 0.2) is 42.0 Å². The molecule has 6 heteroatoms.